The number of fused-ring (bicyclic) bond motifs is 2. The molecule has 0 spiro atoms. The lowest BCUT2D eigenvalue weighted by Crippen LogP contribution is -2.41. The summed E-state index contributed by atoms with van der Waals surface area (Å²) < 4.78 is 37.4. The molecule has 31 heavy (non-hydrogen) atoms. The van der Waals surface area contributed by atoms with Crippen molar-refractivity contribution >= 4 is 27.5 Å². The molecule has 1 aliphatic heterocycles. The summed E-state index contributed by atoms with van der Waals surface area (Å²) in [7, 11) is 0. The van der Waals surface area contributed by atoms with Gasteiger partial charge in [-0.3, -0.25) is 4.79 Å². The lowest BCUT2D eigenvalue weighted by atomic mass is 10.1. The molecule has 0 fully saturated rings. The number of nitriles is 1. The summed E-state index contributed by atoms with van der Waals surface area (Å²) in [5.41, 5.74) is 0.665. The summed E-state index contributed by atoms with van der Waals surface area (Å²) in [5, 5.41) is 18.1. The summed E-state index contributed by atoms with van der Waals surface area (Å²) in [5.74, 6) is -0.528. The minimum atomic E-state index is -0.685. The first kappa shape index (κ1) is 18.1. The molecule has 0 unspecified atom stereocenters. The lowest BCUT2D eigenvalue weighted by Gasteiger charge is -2.33. The molecule has 10 heteroatoms. The molecular formula is C21H14F2N6OS. The van der Waals surface area contributed by atoms with Crippen LogP contribution in [-0.2, 0) is 6.54 Å². The zero-order valence-corrected chi connectivity index (χ0v) is 17.0. The smallest absolute Gasteiger partial charge is 0.254 e. The number of carbonyl (C=O) groups is 1. The molecule has 3 heterocycles. The molecule has 5 rings (SSSR count). The molecule has 0 saturated carbocycles. The topological polar surface area (TPSA) is 87.7 Å². The average Bonchev–Trinajstić information content (AvgIpc) is 3.38. The Hall–Kier alpha value is -3.71. The molecule has 4 aromatic rings. The van der Waals surface area contributed by atoms with Crippen LogP contribution in [0.1, 0.15) is 36.1 Å². The Morgan fingerprint density at radius 1 is 1.29 bits per heavy atom. The van der Waals surface area contributed by atoms with Crippen LogP contribution < -0.4 is 0 Å². The zero-order valence-electron chi connectivity index (χ0n) is 17.1. The van der Waals surface area contributed by atoms with Crippen molar-refractivity contribution in [2.75, 3.05) is 6.54 Å². The van der Waals surface area contributed by atoms with E-state index in [2.05, 4.69) is 15.2 Å². The summed E-state index contributed by atoms with van der Waals surface area (Å²) >= 11 is 1.25. The van der Waals surface area contributed by atoms with Crippen LogP contribution in [0.4, 0.5) is 8.78 Å². The van der Waals surface area contributed by atoms with Crippen molar-refractivity contribution in [3.8, 4) is 16.9 Å². The van der Waals surface area contributed by atoms with Crippen LogP contribution in [0.25, 0.3) is 21.0 Å². The van der Waals surface area contributed by atoms with E-state index in [1.165, 1.54) is 35.6 Å². The molecule has 0 N–H and O–H groups in total. The highest BCUT2D eigenvalue weighted by molar-refractivity contribution is 7.21. The largest absolute Gasteiger partial charge is 0.327 e. The number of thiazole rings is 1. The number of rotatable bonds is 2. The van der Waals surface area contributed by atoms with Gasteiger partial charge in [0.1, 0.15) is 17.7 Å². The molecular weight excluding hydrogens is 422 g/mol. The predicted octanol–water partition coefficient (Wildman–Crippen LogP) is 3.92. The maximum Gasteiger partial charge on any atom is 0.254 e. The molecule has 0 radical (unpaired) electrons. The van der Waals surface area contributed by atoms with Crippen LogP contribution in [0.15, 0.2) is 36.4 Å². The monoisotopic (exact) mass is 437 g/mol. The third-order valence-corrected chi connectivity index (χ3v) is 6.27. The van der Waals surface area contributed by atoms with Gasteiger partial charge in [0.05, 0.1) is 23.2 Å². The van der Waals surface area contributed by atoms with Crippen molar-refractivity contribution in [2.24, 2.45) is 0 Å². The van der Waals surface area contributed by atoms with Gasteiger partial charge in [0.15, 0.2) is 16.7 Å². The van der Waals surface area contributed by atoms with Gasteiger partial charge in [0.25, 0.3) is 5.91 Å². The molecule has 1 amide bonds. The van der Waals surface area contributed by atoms with Gasteiger partial charge >= 0.3 is 0 Å². The fourth-order valence-electron chi connectivity index (χ4n) is 3.66. The van der Waals surface area contributed by atoms with Crippen LogP contribution in [-0.4, -0.2) is 37.1 Å². The maximum atomic E-state index is 14.0. The molecule has 1 atom stereocenters. The van der Waals surface area contributed by atoms with E-state index in [4.69, 9.17) is 6.63 Å². The highest BCUT2D eigenvalue weighted by Gasteiger charge is 2.32. The van der Waals surface area contributed by atoms with Crippen molar-refractivity contribution in [2.45, 2.75) is 19.5 Å². The van der Waals surface area contributed by atoms with E-state index < -0.39 is 17.7 Å². The Morgan fingerprint density at radius 3 is 2.90 bits per heavy atom. The second-order valence-electron chi connectivity index (χ2n) is 7.06. The molecule has 0 aliphatic carbocycles. The van der Waals surface area contributed by atoms with Crippen molar-refractivity contribution in [3.63, 3.8) is 0 Å². The van der Waals surface area contributed by atoms with Crippen molar-refractivity contribution in [1.82, 2.24) is 24.6 Å². The van der Waals surface area contributed by atoms with Gasteiger partial charge in [0.2, 0.25) is 0 Å². The number of amides is 1. The summed E-state index contributed by atoms with van der Waals surface area (Å²) in [6.45, 7) is 2.59. The lowest BCUT2D eigenvalue weighted by molar-refractivity contribution is 0.0638. The van der Waals surface area contributed by atoms with Gasteiger partial charge < -0.3 is 9.47 Å². The fraction of sp³-hybridized carbons (Fsp3) is 0.190. The minimum absolute atomic E-state index is 0.0722. The van der Waals surface area contributed by atoms with E-state index in [0.717, 1.165) is 6.07 Å². The molecule has 154 valence electrons. The SMILES string of the molecule is [2H]c1cc(C(=O)N2CCn3c(-c4nc5cc(C#N)c(F)cc5s4)nnc3[C@H]2C)ccc1F. The van der Waals surface area contributed by atoms with Crippen LogP contribution in [0.5, 0.6) is 0 Å². The number of hydrogen-bond donors (Lipinski definition) is 0. The summed E-state index contributed by atoms with van der Waals surface area (Å²) in [6.07, 6.45) is 0. The van der Waals surface area contributed by atoms with E-state index in [0.29, 0.717) is 40.0 Å². The minimum Gasteiger partial charge on any atom is -0.327 e. The van der Waals surface area contributed by atoms with Crippen molar-refractivity contribution in [1.29, 1.82) is 5.26 Å². The standard InChI is InChI=1S/C21H14F2N6OS/c1-11-18-26-27-19(20-25-16-8-13(10-24)15(23)9-17(16)31-20)29(18)7-6-28(11)21(30)12-2-4-14(22)5-3-12/h2-5,8-9,11H,6-7H2,1H3/t11-/m1/s1/i4D. The zero-order chi connectivity index (χ0) is 22.6. The third kappa shape index (κ3) is 3.14. The van der Waals surface area contributed by atoms with Gasteiger partial charge in [-0.25, -0.2) is 13.8 Å². The van der Waals surface area contributed by atoms with E-state index in [-0.39, 0.29) is 23.1 Å². The van der Waals surface area contributed by atoms with Crippen LogP contribution >= 0.6 is 11.3 Å². The Bertz CT molecular complexity index is 1440. The number of hydrogen-bond acceptors (Lipinski definition) is 6. The number of aromatic nitrogens is 4. The number of benzene rings is 2. The third-order valence-electron chi connectivity index (χ3n) is 5.26. The number of halogens is 2. The second-order valence-corrected chi connectivity index (χ2v) is 8.09. The van der Waals surface area contributed by atoms with Crippen LogP contribution in [0.2, 0.25) is 0 Å². The first-order chi connectivity index (χ1) is 15.4. The van der Waals surface area contributed by atoms with E-state index in [9.17, 15) is 13.6 Å². The van der Waals surface area contributed by atoms with Crippen molar-refractivity contribution in [3.05, 3.63) is 65.0 Å². The molecule has 1 aliphatic rings. The molecule has 2 aromatic heterocycles. The van der Waals surface area contributed by atoms with E-state index >= 15 is 0 Å². The molecule has 7 nitrogen and oxygen atoms in total. The van der Waals surface area contributed by atoms with Gasteiger partial charge in [-0.05, 0) is 43.3 Å². The summed E-state index contributed by atoms with van der Waals surface area (Å²) in [6, 6.07) is 7.45. The predicted molar refractivity (Wildman–Crippen MR) is 109 cm³/mol. The van der Waals surface area contributed by atoms with Gasteiger partial charge in [-0.1, -0.05) is 0 Å². The first-order valence-corrected chi connectivity index (χ1v) is 10.2. The maximum absolute atomic E-state index is 14.0. The highest BCUT2D eigenvalue weighted by Crippen LogP contribution is 2.34. The van der Waals surface area contributed by atoms with Crippen LogP contribution in [0, 0.1) is 23.0 Å². The second kappa shape index (κ2) is 7.21. The number of carbonyl (C=O) groups excluding carboxylic acids is 1. The Labute approximate surface area is 180 Å². The Kier molecular flexibility index (Phi) is 4.21. The van der Waals surface area contributed by atoms with Gasteiger partial charge in [-0.15, -0.1) is 21.5 Å². The molecule has 0 saturated heterocycles. The first-order valence-electron chi connectivity index (χ1n) is 9.88. The summed E-state index contributed by atoms with van der Waals surface area (Å²) in [4.78, 5) is 19.1. The Balaban J connectivity index is 1.48. The highest BCUT2D eigenvalue weighted by atomic mass is 32.1. The van der Waals surface area contributed by atoms with Crippen molar-refractivity contribution < 1.29 is 14.9 Å². The molecule has 0 bridgehead atoms. The van der Waals surface area contributed by atoms with Gasteiger partial charge in [-0.2, -0.15) is 5.26 Å². The van der Waals surface area contributed by atoms with Gasteiger partial charge in [0, 0.05) is 18.7 Å². The normalized spacial score (nSPS) is 16.1. The number of nitrogens with zero attached hydrogens (tertiary/aromatic N) is 6. The van der Waals surface area contributed by atoms with Crippen LogP contribution in [0.3, 0.4) is 0 Å². The average molecular weight is 437 g/mol. The van der Waals surface area contributed by atoms with E-state index in [1.54, 1.807) is 4.90 Å². The fourth-order valence-corrected chi connectivity index (χ4v) is 4.62. The quantitative estimate of drug-likeness (QED) is 0.474. The van der Waals surface area contributed by atoms with E-state index in [1.807, 2.05) is 17.6 Å². The molecule has 2 aromatic carbocycles. The Morgan fingerprint density at radius 2 is 2.13 bits per heavy atom.